The molecule has 122 valence electrons. The molecule has 0 radical (unpaired) electrons. The van der Waals surface area contributed by atoms with Crippen LogP contribution in [0.1, 0.15) is 18.5 Å². The number of rotatable bonds is 5. The third kappa shape index (κ3) is 4.82. The number of anilines is 1. The van der Waals surface area contributed by atoms with E-state index in [1.54, 1.807) is 29.6 Å². The van der Waals surface area contributed by atoms with E-state index in [0.717, 1.165) is 0 Å². The van der Waals surface area contributed by atoms with E-state index in [1.165, 1.54) is 12.1 Å². The van der Waals surface area contributed by atoms with Crippen LogP contribution >= 0.6 is 34.8 Å². The topological polar surface area (TPSA) is 45.7 Å². The fourth-order valence-electron chi connectivity index (χ4n) is 2.06. The Hall–Kier alpha value is -1.33. The minimum Gasteiger partial charge on any atom is -0.332 e. The number of halogens is 4. The number of hydrogen-bond donors (Lipinski definition) is 2. The van der Waals surface area contributed by atoms with E-state index in [4.69, 9.17) is 34.8 Å². The molecular weight excluding hydrogens is 362 g/mol. The van der Waals surface area contributed by atoms with Crippen LogP contribution in [0.3, 0.4) is 0 Å². The number of nitrogens with one attached hydrogen (secondary N) is 1. The minimum absolute atomic E-state index is 0.0255. The van der Waals surface area contributed by atoms with Crippen LogP contribution in [0.5, 0.6) is 0 Å². The first kappa shape index (κ1) is 18.0. The molecule has 0 unspecified atom stereocenters. The zero-order chi connectivity index (χ0) is 17.0. The largest absolute Gasteiger partial charge is 0.332 e. The smallest absolute Gasteiger partial charge is 0.279 e. The Morgan fingerprint density at radius 3 is 2.57 bits per heavy atom. The van der Waals surface area contributed by atoms with Gasteiger partial charge < -0.3 is 10.6 Å². The number of amides is 1. The van der Waals surface area contributed by atoms with E-state index >= 15 is 0 Å². The van der Waals surface area contributed by atoms with Crippen molar-refractivity contribution < 1.29 is 14.5 Å². The van der Waals surface area contributed by atoms with Gasteiger partial charge in [-0.15, -0.1) is 0 Å². The molecule has 0 aromatic heterocycles. The fraction of sp³-hybridized carbons (Fsp3) is 0.188. The number of benzene rings is 2. The maximum Gasteiger partial charge on any atom is 0.279 e. The molecule has 2 rings (SSSR count). The quantitative estimate of drug-likeness (QED) is 0.760. The van der Waals surface area contributed by atoms with E-state index < -0.39 is 5.82 Å². The van der Waals surface area contributed by atoms with Gasteiger partial charge in [-0.25, -0.2) is 4.39 Å². The number of hydrogen-bond acceptors (Lipinski definition) is 1. The molecule has 0 aliphatic heterocycles. The first-order valence-electron chi connectivity index (χ1n) is 6.90. The predicted octanol–water partition coefficient (Wildman–Crippen LogP) is 4.05. The Kier molecular flexibility index (Phi) is 6.25. The summed E-state index contributed by atoms with van der Waals surface area (Å²) in [4.78, 5) is 12.0. The van der Waals surface area contributed by atoms with Crippen LogP contribution in [0, 0.1) is 5.82 Å². The van der Waals surface area contributed by atoms with Gasteiger partial charge >= 0.3 is 0 Å². The van der Waals surface area contributed by atoms with E-state index in [9.17, 15) is 9.18 Å². The highest BCUT2D eigenvalue weighted by atomic mass is 35.5. The number of para-hydroxylation sites is 1. The Morgan fingerprint density at radius 1 is 1.17 bits per heavy atom. The van der Waals surface area contributed by atoms with Gasteiger partial charge in [0.15, 0.2) is 6.54 Å². The van der Waals surface area contributed by atoms with Gasteiger partial charge in [0.05, 0.1) is 20.8 Å². The zero-order valence-electron chi connectivity index (χ0n) is 12.2. The van der Waals surface area contributed by atoms with Crippen LogP contribution in [0.4, 0.5) is 10.1 Å². The maximum atomic E-state index is 13.6. The molecule has 7 heteroatoms. The molecule has 3 N–H and O–H groups in total. The SMILES string of the molecule is C[C@@H]([NH2+]CC(=O)Nc1ccccc1Cl)c1cc(F)c(Cl)cc1Cl. The maximum absolute atomic E-state index is 13.6. The van der Waals surface area contributed by atoms with Gasteiger partial charge in [0, 0.05) is 5.56 Å². The van der Waals surface area contributed by atoms with Crippen LogP contribution < -0.4 is 10.6 Å². The van der Waals surface area contributed by atoms with Gasteiger partial charge in [0.1, 0.15) is 11.9 Å². The van der Waals surface area contributed by atoms with Gasteiger partial charge in [-0.2, -0.15) is 0 Å². The second kappa shape index (κ2) is 7.97. The van der Waals surface area contributed by atoms with Crippen molar-refractivity contribution in [1.29, 1.82) is 0 Å². The van der Waals surface area contributed by atoms with Crippen molar-refractivity contribution in [2.45, 2.75) is 13.0 Å². The molecule has 0 spiro atoms. The van der Waals surface area contributed by atoms with E-state index in [0.29, 0.717) is 21.3 Å². The molecule has 0 bridgehead atoms. The summed E-state index contributed by atoms with van der Waals surface area (Å²) in [6.07, 6.45) is 0. The molecule has 1 atom stereocenters. The summed E-state index contributed by atoms with van der Waals surface area (Å²) in [5, 5.41) is 5.28. The molecule has 0 aliphatic carbocycles. The second-order valence-electron chi connectivity index (χ2n) is 5.04. The molecule has 0 saturated heterocycles. The molecular formula is C16H15Cl3FN2O+. The van der Waals surface area contributed by atoms with Crippen molar-refractivity contribution in [3.05, 3.63) is 62.8 Å². The normalized spacial score (nSPS) is 12.0. The number of carbonyl (C=O) groups excluding carboxylic acids is 1. The Bertz CT molecular complexity index is 724. The lowest BCUT2D eigenvalue weighted by Gasteiger charge is -2.13. The van der Waals surface area contributed by atoms with Gasteiger partial charge in [0.25, 0.3) is 5.91 Å². The lowest BCUT2D eigenvalue weighted by molar-refractivity contribution is -0.682. The summed E-state index contributed by atoms with van der Waals surface area (Å²) in [5.41, 5.74) is 1.13. The van der Waals surface area contributed by atoms with Crippen molar-refractivity contribution >= 4 is 46.4 Å². The van der Waals surface area contributed by atoms with Gasteiger partial charge in [-0.3, -0.25) is 4.79 Å². The van der Waals surface area contributed by atoms with E-state index in [-0.39, 0.29) is 23.5 Å². The average Bonchev–Trinajstić information content (AvgIpc) is 2.51. The summed E-state index contributed by atoms with van der Waals surface area (Å²) < 4.78 is 13.6. The standard InChI is InChI=1S/C16H14Cl3FN2O/c1-9(10-6-14(20)13(19)7-12(10)18)21-8-16(23)22-15-5-3-2-4-11(15)17/h2-7,9,21H,8H2,1H3,(H,22,23)/p+1/t9-/m1/s1. The van der Waals surface area contributed by atoms with Gasteiger partial charge in [0.2, 0.25) is 0 Å². The van der Waals surface area contributed by atoms with Gasteiger partial charge in [-0.05, 0) is 31.2 Å². The second-order valence-corrected chi connectivity index (χ2v) is 6.27. The van der Waals surface area contributed by atoms with Crippen LogP contribution in [0.25, 0.3) is 0 Å². The van der Waals surface area contributed by atoms with Crippen LogP contribution in [-0.2, 0) is 4.79 Å². The average molecular weight is 377 g/mol. The number of carbonyl (C=O) groups is 1. The third-order valence-electron chi connectivity index (χ3n) is 3.33. The molecule has 2 aromatic carbocycles. The molecule has 3 nitrogen and oxygen atoms in total. The van der Waals surface area contributed by atoms with Crippen molar-refractivity contribution in [3.63, 3.8) is 0 Å². The Labute approximate surface area is 148 Å². The van der Waals surface area contributed by atoms with E-state index in [2.05, 4.69) is 5.32 Å². The first-order valence-corrected chi connectivity index (χ1v) is 8.04. The van der Waals surface area contributed by atoms with Crippen LogP contribution in [0.15, 0.2) is 36.4 Å². The number of quaternary nitrogens is 1. The van der Waals surface area contributed by atoms with Crippen LogP contribution in [0.2, 0.25) is 15.1 Å². The van der Waals surface area contributed by atoms with Crippen LogP contribution in [-0.4, -0.2) is 12.5 Å². The highest BCUT2D eigenvalue weighted by Crippen LogP contribution is 2.27. The molecule has 23 heavy (non-hydrogen) atoms. The Balaban J connectivity index is 1.96. The molecule has 1 amide bonds. The first-order chi connectivity index (χ1) is 10.9. The molecule has 0 heterocycles. The summed E-state index contributed by atoms with van der Waals surface area (Å²) in [7, 11) is 0. The van der Waals surface area contributed by atoms with Gasteiger partial charge in [-0.1, -0.05) is 46.9 Å². The fourth-order valence-corrected chi connectivity index (χ4v) is 2.80. The number of nitrogens with two attached hydrogens (primary N) is 1. The molecule has 0 fully saturated rings. The molecule has 0 saturated carbocycles. The summed E-state index contributed by atoms with van der Waals surface area (Å²) in [6, 6.07) is 9.42. The van der Waals surface area contributed by atoms with Crippen molar-refractivity contribution in [2.75, 3.05) is 11.9 Å². The summed E-state index contributed by atoms with van der Waals surface area (Å²) in [6.45, 7) is 1.98. The third-order valence-corrected chi connectivity index (χ3v) is 4.28. The minimum atomic E-state index is -0.535. The highest BCUT2D eigenvalue weighted by Gasteiger charge is 2.17. The molecule has 0 aliphatic rings. The zero-order valence-corrected chi connectivity index (χ0v) is 14.5. The van der Waals surface area contributed by atoms with Crippen molar-refractivity contribution in [1.82, 2.24) is 0 Å². The summed E-state index contributed by atoms with van der Waals surface area (Å²) >= 11 is 17.7. The Morgan fingerprint density at radius 2 is 1.87 bits per heavy atom. The summed E-state index contributed by atoms with van der Waals surface area (Å²) in [5.74, 6) is -0.748. The van der Waals surface area contributed by atoms with Crippen molar-refractivity contribution in [3.8, 4) is 0 Å². The lowest BCUT2D eigenvalue weighted by atomic mass is 10.1. The molecule has 2 aromatic rings. The van der Waals surface area contributed by atoms with E-state index in [1.807, 2.05) is 6.92 Å². The lowest BCUT2D eigenvalue weighted by Crippen LogP contribution is -2.86. The predicted molar refractivity (Wildman–Crippen MR) is 91.7 cm³/mol. The highest BCUT2D eigenvalue weighted by molar-refractivity contribution is 6.35. The monoisotopic (exact) mass is 375 g/mol. The van der Waals surface area contributed by atoms with Crippen molar-refractivity contribution in [2.24, 2.45) is 0 Å².